The quantitative estimate of drug-likeness (QED) is 0.648. The van der Waals surface area contributed by atoms with E-state index in [4.69, 9.17) is 0 Å². The first-order chi connectivity index (χ1) is 8.20. The number of carbonyl (C=O) groups excluding carboxylic acids is 2. The number of benzene rings is 1. The van der Waals surface area contributed by atoms with Crippen molar-refractivity contribution in [1.29, 1.82) is 0 Å². The first-order valence-corrected chi connectivity index (χ1v) is 5.11. The average molecular weight is 231 g/mol. The first kappa shape index (κ1) is 11.3. The third kappa shape index (κ3) is 2.47. The van der Waals surface area contributed by atoms with Crippen LogP contribution in [0, 0.1) is 5.82 Å². The molecule has 0 amide bonds. The van der Waals surface area contributed by atoms with Crippen molar-refractivity contribution >= 4 is 12.1 Å². The Labute approximate surface area is 97.3 Å². The molecule has 0 bridgehead atoms. The molecule has 0 unspecified atom stereocenters. The summed E-state index contributed by atoms with van der Waals surface area (Å²) < 4.78 is 13.3. The third-order valence-corrected chi connectivity index (χ3v) is 2.46. The number of Topliss-reactive ketones (excluding diaryl/α,β-unsaturated/α-hetero) is 1. The maximum Gasteiger partial charge on any atom is 0.168 e. The fourth-order valence-corrected chi connectivity index (χ4v) is 1.56. The number of rotatable bonds is 4. The highest BCUT2D eigenvalue weighted by Crippen LogP contribution is 2.11. The van der Waals surface area contributed by atoms with Gasteiger partial charge in [-0.25, -0.2) is 4.39 Å². The fourth-order valence-electron chi connectivity index (χ4n) is 1.56. The van der Waals surface area contributed by atoms with Crippen molar-refractivity contribution in [2.45, 2.75) is 6.42 Å². The molecule has 0 aliphatic carbocycles. The van der Waals surface area contributed by atoms with Gasteiger partial charge in [-0.15, -0.1) is 0 Å². The highest BCUT2D eigenvalue weighted by molar-refractivity contribution is 5.98. The van der Waals surface area contributed by atoms with Gasteiger partial charge in [0, 0.05) is 18.2 Å². The minimum Gasteiger partial charge on any atom is -0.358 e. The lowest BCUT2D eigenvalue weighted by Gasteiger charge is -2.00. The second kappa shape index (κ2) is 4.74. The van der Waals surface area contributed by atoms with Gasteiger partial charge in [-0.05, 0) is 17.7 Å². The maximum absolute atomic E-state index is 13.3. The zero-order valence-corrected chi connectivity index (χ0v) is 8.94. The van der Waals surface area contributed by atoms with Crippen molar-refractivity contribution in [2.75, 3.05) is 0 Å². The molecule has 86 valence electrons. The minimum absolute atomic E-state index is 0.0111. The monoisotopic (exact) mass is 231 g/mol. The van der Waals surface area contributed by atoms with Crippen molar-refractivity contribution in [2.24, 2.45) is 0 Å². The molecule has 2 aromatic rings. The van der Waals surface area contributed by atoms with Gasteiger partial charge >= 0.3 is 0 Å². The van der Waals surface area contributed by atoms with Crippen molar-refractivity contribution in [3.05, 3.63) is 59.2 Å². The molecule has 0 fully saturated rings. The summed E-state index contributed by atoms with van der Waals surface area (Å²) in [5, 5.41) is 0. The topological polar surface area (TPSA) is 49.9 Å². The van der Waals surface area contributed by atoms with Gasteiger partial charge in [-0.2, -0.15) is 0 Å². The third-order valence-electron chi connectivity index (χ3n) is 2.46. The van der Waals surface area contributed by atoms with Crippen LogP contribution >= 0.6 is 0 Å². The first-order valence-electron chi connectivity index (χ1n) is 5.11. The number of aldehydes is 1. The molecule has 0 saturated carbocycles. The molecule has 0 aliphatic heterocycles. The Morgan fingerprint density at radius 1 is 1.35 bits per heavy atom. The molecule has 1 heterocycles. The highest BCUT2D eigenvalue weighted by atomic mass is 19.1. The van der Waals surface area contributed by atoms with Crippen LogP contribution in [0.25, 0.3) is 0 Å². The Morgan fingerprint density at radius 3 is 2.76 bits per heavy atom. The van der Waals surface area contributed by atoms with Crippen LogP contribution in [0.2, 0.25) is 0 Å². The van der Waals surface area contributed by atoms with E-state index >= 15 is 0 Å². The molecular formula is C13H10FNO2. The minimum atomic E-state index is -0.396. The molecule has 0 spiro atoms. The number of hydrogen-bond donors (Lipinski definition) is 1. The number of nitrogens with one attached hydrogen (secondary N) is 1. The van der Waals surface area contributed by atoms with Crippen LogP contribution in [-0.2, 0) is 6.42 Å². The second-order valence-corrected chi connectivity index (χ2v) is 3.65. The van der Waals surface area contributed by atoms with E-state index in [1.807, 2.05) is 0 Å². The normalized spacial score (nSPS) is 10.2. The molecule has 0 radical (unpaired) electrons. The van der Waals surface area contributed by atoms with Crippen LogP contribution in [0.3, 0.4) is 0 Å². The Morgan fingerprint density at radius 2 is 2.12 bits per heavy atom. The average Bonchev–Trinajstić information content (AvgIpc) is 2.81. The van der Waals surface area contributed by atoms with Crippen molar-refractivity contribution < 1.29 is 14.0 Å². The summed E-state index contributed by atoms with van der Waals surface area (Å²) >= 11 is 0. The SMILES string of the molecule is O=Cc1cc(C(=O)Cc2ccccc2F)c[nH]1. The van der Waals surface area contributed by atoms with Crippen molar-refractivity contribution in [3.63, 3.8) is 0 Å². The van der Waals surface area contributed by atoms with Gasteiger partial charge in [0.1, 0.15) is 5.82 Å². The van der Waals surface area contributed by atoms with E-state index in [1.54, 1.807) is 18.2 Å². The van der Waals surface area contributed by atoms with Gasteiger partial charge in [-0.3, -0.25) is 9.59 Å². The Balaban J connectivity index is 2.17. The van der Waals surface area contributed by atoms with Gasteiger partial charge in [0.25, 0.3) is 0 Å². The van der Waals surface area contributed by atoms with E-state index in [0.717, 1.165) is 0 Å². The Bertz CT molecular complexity index is 560. The molecular weight excluding hydrogens is 221 g/mol. The number of aromatic nitrogens is 1. The smallest absolute Gasteiger partial charge is 0.168 e. The number of ketones is 1. The van der Waals surface area contributed by atoms with E-state index < -0.39 is 5.82 Å². The molecule has 4 heteroatoms. The summed E-state index contributed by atoms with van der Waals surface area (Å²) in [6.45, 7) is 0. The molecule has 3 nitrogen and oxygen atoms in total. The van der Waals surface area contributed by atoms with E-state index in [1.165, 1.54) is 18.3 Å². The largest absolute Gasteiger partial charge is 0.358 e. The van der Waals surface area contributed by atoms with Gasteiger partial charge in [0.2, 0.25) is 0 Å². The van der Waals surface area contributed by atoms with E-state index in [-0.39, 0.29) is 12.2 Å². The number of carbonyl (C=O) groups is 2. The van der Waals surface area contributed by atoms with Crippen molar-refractivity contribution in [3.8, 4) is 0 Å². The zero-order valence-electron chi connectivity index (χ0n) is 8.94. The molecule has 1 aromatic heterocycles. The van der Waals surface area contributed by atoms with E-state index in [0.29, 0.717) is 23.1 Å². The highest BCUT2D eigenvalue weighted by Gasteiger charge is 2.11. The predicted octanol–water partition coefficient (Wildman–Crippen LogP) is 2.39. The Kier molecular flexibility index (Phi) is 3.14. The fraction of sp³-hybridized carbons (Fsp3) is 0.0769. The molecule has 2 rings (SSSR count). The summed E-state index contributed by atoms with van der Waals surface area (Å²) in [6, 6.07) is 7.59. The van der Waals surface area contributed by atoms with Crippen LogP contribution in [0.1, 0.15) is 26.4 Å². The lowest BCUT2D eigenvalue weighted by molar-refractivity contribution is 0.0992. The number of H-pyrrole nitrogens is 1. The second-order valence-electron chi connectivity index (χ2n) is 3.65. The number of aromatic amines is 1. The summed E-state index contributed by atoms with van der Waals surface area (Å²) in [5.74, 6) is -0.619. The van der Waals surface area contributed by atoms with Gasteiger partial charge in [-0.1, -0.05) is 18.2 Å². The zero-order chi connectivity index (χ0) is 12.3. The molecule has 0 atom stereocenters. The number of halogens is 1. The van der Waals surface area contributed by atoms with Gasteiger partial charge in [0.05, 0.1) is 5.69 Å². The molecule has 17 heavy (non-hydrogen) atoms. The molecule has 0 aliphatic rings. The number of hydrogen-bond acceptors (Lipinski definition) is 2. The van der Waals surface area contributed by atoms with Gasteiger partial charge in [0.15, 0.2) is 12.1 Å². The predicted molar refractivity (Wildman–Crippen MR) is 60.6 cm³/mol. The van der Waals surface area contributed by atoms with E-state index in [9.17, 15) is 14.0 Å². The molecule has 1 N–H and O–H groups in total. The lowest BCUT2D eigenvalue weighted by atomic mass is 10.0. The maximum atomic E-state index is 13.3. The van der Waals surface area contributed by atoms with Gasteiger partial charge < -0.3 is 4.98 Å². The van der Waals surface area contributed by atoms with Crippen LogP contribution in [0.15, 0.2) is 36.5 Å². The standard InChI is InChI=1S/C13H10FNO2/c14-12-4-2-1-3-9(12)6-13(17)10-5-11(8-16)15-7-10/h1-5,7-8,15H,6H2. The van der Waals surface area contributed by atoms with Crippen LogP contribution in [-0.4, -0.2) is 17.1 Å². The summed E-state index contributed by atoms with van der Waals surface area (Å²) in [6.07, 6.45) is 2.07. The lowest BCUT2D eigenvalue weighted by Crippen LogP contribution is -2.03. The van der Waals surface area contributed by atoms with Crippen LogP contribution in [0.4, 0.5) is 4.39 Å². The Hall–Kier alpha value is -2.23. The van der Waals surface area contributed by atoms with Crippen LogP contribution in [0.5, 0.6) is 0 Å². The molecule has 1 aromatic carbocycles. The summed E-state index contributed by atoms with van der Waals surface area (Å²) in [4.78, 5) is 24.9. The van der Waals surface area contributed by atoms with Crippen molar-refractivity contribution in [1.82, 2.24) is 4.98 Å². The summed E-state index contributed by atoms with van der Waals surface area (Å²) in [5.41, 5.74) is 1.07. The van der Waals surface area contributed by atoms with E-state index in [2.05, 4.69) is 4.98 Å². The molecule has 0 saturated heterocycles. The summed E-state index contributed by atoms with van der Waals surface area (Å²) in [7, 11) is 0. The van der Waals surface area contributed by atoms with Crippen LogP contribution < -0.4 is 0 Å².